The Hall–Kier alpha value is -2.41. The van der Waals surface area contributed by atoms with Crippen molar-refractivity contribution in [3.63, 3.8) is 0 Å². The molecule has 128 valence electrons. The second-order valence-corrected chi connectivity index (χ2v) is 6.17. The van der Waals surface area contributed by atoms with E-state index in [-0.39, 0.29) is 5.84 Å². The number of aryl methyl sites for hydroxylation is 2. The van der Waals surface area contributed by atoms with Gasteiger partial charge in [-0.15, -0.1) is 0 Å². The molecule has 0 bridgehead atoms. The average molecular weight is 330 g/mol. The predicted molar refractivity (Wildman–Crippen MR) is 92.5 cm³/mol. The summed E-state index contributed by atoms with van der Waals surface area (Å²) in [7, 11) is 1.34. The van der Waals surface area contributed by atoms with E-state index in [0.29, 0.717) is 13.1 Å². The molecule has 2 aliphatic heterocycles. The number of imide groups is 1. The summed E-state index contributed by atoms with van der Waals surface area (Å²) < 4.78 is 0. The summed E-state index contributed by atoms with van der Waals surface area (Å²) in [6.45, 7) is 8.64. The number of urea groups is 1. The van der Waals surface area contributed by atoms with Gasteiger partial charge >= 0.3 is 6.03 Å². The lowest BCUT2D eigenvalue weighted by Gasteiger charge is -2.50. The number of hydrogen-bond donors (Lipinski definition) is 1. The quantitative estimate of drug-likeness (QED) is 0.892. The number of amidine groups is 1. The number of aliphatic hydroxyl groups is 1. The SMILES string of the molecule is CCN1C2=NC(=O)N(C)C(=O)C2(O)N(CC)c2cc(C)c(C)cc21. The molecule has 2 heterocycles. The summed E-state index contributed by atoms with van der Waals surface area (Å²) in [5, 5.41) is 11.3. The molecule has 0 aliphatic carbocycles. The van der Waals surface area contributed by atoms with Crippen LogP contribution in [0.2, 0.25) is 0 Å². The Balaban J connectivity index is 2.36. The molecule has 2 aliphatic rings. The molecule has 3 rings (SSSR count). The maximum Gasteiger partial charge on any atom is 0.351 e. The molecule has 1 N–H and O–H groups in total. The fraction of sp³-hybridized carbons (Fsp3) is 0.471. The van der Waals surface area contributed by atoms with Crippen LogP contribution in [0.25, 0.3) is 0 Å². The highest BCUT2D eigenvalue weighted by molar-refractivity contribution is 6.29. The molecule has 0 spiro atoms. The van der Waals surface area contributed by atoms with E-state index in [1.54, 1.807) is 9.80 Å². The number of anilines is 2. The Morgan fingerprint density at radius 2 is 1.67 bits per heavy atom. The van der Waals surface area contributed by atoms with Gasteiger partial charge < -0.3 is 14.9 Å². The van der Waals surface area contributed by atoms with Crippen LogP contribution >= 0.6 is 0 Å². The normalized spacial score (nSPS) is 23.2. The molecule has 3 amide bonds. The van der Waals surface area contributed by atoms with Crippen molar-refractivity contribution < 1.29 is 14.7 Å². The lowest BCUT2D eigenvalue weighted by Crippen LogP contribution is -2.73. The van der Waals surface area contributed by atoms with Gasteiger partial charge in [0.25, 0.3) is 11.6 Å². The molecule has 0 radical (unpaired) electrons. The van der Waals surface area contributed by atoms with Crippen molar-refractivity contribution in [1.82, 2.24) is 4.90 Å². The maximum absolute atomic E-state index is 12.8. The van der Waals surface area contributed by atoms with Gasteiger partial charge in [-0.3, -0.25) is 9.69 Å². The highest BCUT2D eigenvalue weighted by atomic mass is 16.3. The maximum atomic E-state index is 12.8. The fourth-order valence-corrected chi connectivity index (χ4v) is 3.37. The van der Waals surface area contributed by atoms with Gasteiger partial charge in [-0.1, -0.05) is 0 Å². The monoisotopic (exact) mass is 330 g/mol. The van der Waals surface area contributed by atoms with E-state index in [1.807, 2.05) is 39.8 Å². The first-order valence-corrected chi connectivity index (χ1v) is 8.07. The van der Waals surface area contributed by atoms with E-state index >= 15 is 0 Å². The molecule has 0 aromatic heterocycles. The number of aliphatic imine (C=N–C) groups is 1. The van der Waals surface area contributed by atoms with Crippen LogP contribution in [-0.2, 0) is 4.79 Å². The third-order valence-corrected chi connectivity index (χ3v) is 4.85. The Morgan fingerprint density at radius 3 is 2.21 bits per heavy atom. The number of nitrogens with zero attached hydrogens (tertiary/aromatic N) is 4. The van der Waals surface area contributed by atoms with Gasteiger partial charge in [0.15, 0.2) is 5.84 Å². The summed E-state index contributed by atoms with van der Waals surface area (Å²) in [5.41, 5.74) is 1.80. The van der Waals surface area contributed by atoms with Crippen LogP contribution in [0.15, 0.2) is 17.1 Å². The summed E-state index contributed by atoms with van der Waals surface area (Å²) in [5.74, 6) is -0.600. The molecule has 7 heteroatoms. The van der Waals surface area contributed by atoms with Crippen LogP contribution in [0.1, 0.15) is 25.0 Å². The van der Waals surface area contributed by atoms with Crippen LogP contribution in [0.4, 0.5) is 16.2 Å². The lowest BCUT2D eigenvalue weighted by molar-refractivity contribution is -0.141. The molecule has 0 saturated heterocycles. The number of carbonyl (C=O) groups excluding carboxylic acids is 2. The second-order valence-electron chi connectivity index (χ2n) is 6.17. The van der Waals surface area contributed by atoms with Gasteiger partial charge in [0, 0.05) is 20.1 Å². The molecule has 24 heavy (non-hydrogen) atoms. The number of fused-ring (bicyclic) bond motifs is 2. The van der Waals surface area contributed by atoms with Gasteiger partial charge in [0.2, 0.25) is 0 Å². The van der Waals surface area contributed by atoms with Gasteiger partial charge in [0.1, 0.15) is 0 Å². The average Bonchev–Trinajstić information content (AvgIpc) is 2.55. The summed E-state index contributed by atoms with van der Waals surface area (Å²) in [6.07, 6.45) is 0. The Bertz CT molecular complexity index is 773. The van der Waals surface area contributed by atoms with Crippen LogP contribution in [0.3, 0.4) is 0 Å². The number of hydrogen-bond acceptors (Lipinski definition) is 5. The van der Waals surface area contributed by atoms with Gasteiger partial charge in [0.05, 0.1) is 11.4 Å². The smallest absolute Gasteiger partial charge is 0.351 e. The molecule has 1 unspecified atom stereocenters. The first-order valence-electron chi connectivity index (χ1n) is 8.07. The zero-order valence-electron chi connectivity index (χ0n) is 14.6. The van der Waals surface area contributed by atoms with Crippen molar-refractivity contribution >= 4 is 29.1 Å². The van der Waals surface area contributed by atoms with Crippen LogP contribution in [0.5, 0.6) is 0 Å². The molecule has 7 nitrogen and oxygen atoms in total. The largest absolute Gasteiger partial charge is 0.357 e. The highest BCUT2D eigenvalue weighted by Crippen LogP contribution is 2.43. The molecular weight excluding hydrogens is 308 g/mol. The van der Waals surface area contributed by atoms with E-state index in [9.17, 15) is 14.7 Å². The number of likely N-dealkylation sites (N-methyl/N-ethyl adjacent to an activating group) is 3. The highest BCUT2D eigenvalue weighted by Gasteiger charge is 2.58. The van der Waals surface area contributed by atoms with Crippen molar-refractivity contribution in [2.75, 3.05) is 29.9 Å². The summed E-state index contributed by atoms with van der Waals surface area (Å²) >= 11 is 0. The summed E-state index contributed by atoms with van der Waals surface area (Å²) in [6, 6.07) is 3.31. The van der Waals surface area contributed by atoms with Gasteiger partial charge in [-0.25, -0.2) is 4.79 Å². The third-order valence-electron chi connectivity index (χ3n) is 4.85. The first-order chi connectivity index (χ1) is 11.3. The standard InChI is InChI=1S/C17H22N4O3/c1-6-20-12-8-10(3)11(4)9-13(12)21(7-2)17(24)14(20)18-16(23)19(5)15(17)22/h8-9,24H,6-7H2,1-5H3. The lowest BCUT2D eigenvalue weighted by atomic mass is 9.96. The number of rotatable bonds is 2. The topological polar surface area (TPSA) is 76.5 Å². The van der Waals surface area contributed by atoms with Crippen molar-refractivity contribution in [3.05, 3.63) is 23.3 Å². The van der Waals surface area contributed by atoms with E-state index in [2.05, 4.69) is 4.99 Å². The Labute approximate surface area is 141 Å². The fourth-order valence-electron chi connectivity index (χ4n) is 3.37. The first kappa shape index (κ1) is 16.4. The zero-order chi connectivity index (χ0) is 17.8. The minimum atomic E-state index is -1.97. The van der Waals surface area contributed by atoms with Crippen LogP contribution in [0, 0.1) is 13.8 Å². The van der Waals surface area contributed by atoms with Crippen molar-refractivity contribution in [3.8, 4) is 0 Å². The predicted octanol–water partition coefficient (Wildman–Crippen LogP) is 1.65. The Morgan fingerprint density at radius 1 is 1.08 bits per heavy atom. The third kappa shape index (κ3) is 1.91. The minimum Gasteiger partial charge on any atom is -0.357 e. The van der Waals surface area contributed by atoms with Crippen LogP contribution in [-0.4, -0.2) is 53.6 Å². The molecule has 1 atom stereocenters. The van der Waals surface area contributed by atoms with Crippen molar-refractivity contribution in [2.45, 2.75) is 33.4 Å². The van der Waals surface area contributed by atoms with Gasteiger partial charge in [-0.2, -0.15) is 4.99 Å². The molecule has 0 fully saturated rings. The molecular formula is C17H22N4O3. The Kier molecular flexibility index (Phi) is 3.64. The number of amides is 3. The van der Waals surface area contributed by atoms with Crippen LogP contribution < -0.4 is 9.80 Å². The number of carbonyl (C=O) groups is 2. The van der Waals surface area contributed by atoms with E-state index in [1.165, 1.54) is 7.05 Å². The van der Waals surface area contributed by atoms with E-state index in [4.69, 9.17) is 0 Å². The molecule has 1 aromatic carbocycles. The minimum absolute atomic E-state index is 0.0794. The molecule has 0 saturated carbocycles. The van der Waals surface area contributed by atoms with E-state index < -0.39 is 17.7 Å². The molecule has 1 aromatic rings. The van der Waals surface area contributed by atoms with E-state index in [0.717, 1.165) is 27.4 Å². The zero-order valence-corrected chi connectivity index (χ0v) is 14.6. The van der Waals surface area contributed by atoms with Crippen molar-refractivity contribution in [1.29, 1.82) is 0 Å². The van der Waals surface area contributed by atoms with Gasteiger partial charge in [-0.05, 0) is 51.0 Å². The van der Waals surface area contributed by atoms with Crippen molar-refractivity contribution in [2.24, 2.45) is 4.99 Å². The number of benzene rings is 1. The second kappa shape index (κ2) is 5.31. The summed E-state index contributed by atoms with van der Waals surface area (Å²) in [4.78, 5) is 33.1.